The molecule has 0 aliphatic heterocycles. The van der Waals surface area contributed by atoms with Gasteiger partial charge in [-0.1, -0.05) is 29.3 Å². The first kappa shape index (κ1) is 16.5. The van der Waals surface area contributed by atoms with Gasteiger partial charge in [-0.25, -0.2) is 0 Å². The molecule has 0 spiro atoms. The fourth-order valence-electron chi connectivity index (χ4n) is 2.31. The summed E-state index contributed by atoms with van der Waals surface area (Å²) in [6, 6.07) is 11.4. The molecule has 0 saturated carbocycles. The Bertz CT molecular complexity index is 862. The number of anilines is 4. The lowest BCUT2D eigenvalue weighted by Gasteiger charge is -2.09. The van der Waals surface area contributed by atoms with E-state index < -0.39 is 0 Å². The first-order valence-corrected chi connectivity index (χ1v) is 8.02. The van der Waals surface area contributed by atoms with Crippen LogP contribution in [0.4, 0.5) is 23.1 Å². The van der Waals surface area contributed by atoms with Crippen LogP contribution >= 0.6 is 23.2 Å². The van der Waals surface area contributed by atoms with Crippen LogP contribution in [0.15, 0.2) is 42.6 Å². The summed E-state index contributed by atoms with van der Waals surface area (Å²) in [5.74, 6) is 0.959. The zero-order valence-corrected chi connectivity index (χ0v) is 14.7. The van der Waals surface area contributed by atoms with E-state index in [4.69, 9.17) is 23.2 Å². The molecule has 1 heterocycles. The van der Waals surface area contributed by atoms with Gasteiger partial charge in [-0.05, 0) is 55.3 Å². The minimum atomic E-state index is 0.407. The van der Waals surface area contributed by atoms with Gasteiger partial charge in [0.2, 0.25) is 5.95 Å². The van der Waals surface area contributed by atoms with E-state index >= 15 is 0 Å². The maximum atomic E-state index is 6.02. The number of aromatic nitrogens is 3. The maximum Gasteiger partial charge on any atom is 0.249 e. The van der Waals surface area contributed by atoms with Gasteiger partial charge in [0.1, 0.15) is 0 Å². The zero-order valence-electron chi connectivity index (χ0n) is 13.1. The Balaban J connectivity index is 1.79. The Morgan fingerprint density at radius 2 is 1.58 bits per heavy atom. The van der Waals surface area contributed by atoms with Crippen LogP contribution in [-0.2, 0) is 0 Å². The van der Waals surface area contributed by atoms with Gasteiger partial charge in [-0.2, -0.15) is 10.1 Å². The van der Waals surface area contributed by atoms with E-state index in [0.717, 1.165) is 22.5 Å². The second-order valence-electron chi connectivity index (χ2n) is 5.42. The van der Waals surface area contributed by atoms with Crippen LogP contribution in [0.5, 0.6) is 0 Å². The lowest BCUT2D eigenvalue weighted by Crippen LogP contribution is -2.02. The molecule has 5 nitrogen and oxygen atoms in total. The molecule has 3 aromatic rings. The summed E-state index contributed by atoms with van der Waals surface area (Å²) < 4.78 is 0. The van der Waals surface area contributed by atoms with Gasteiger partial charge >= 0.3 is 0 Å². The Morgan fingerprint density at radius 1 is 0.833 bits per heavy atom. The number of hydrogen-bond acceptors (Lipinski definition) is 5. The van der Waals surface area contributed by atoms with Crippen molar-refractivity contribution in [3.05, 3.63) is 63.8 Å². The molecule has 0 radical (unpaired) electrons. The van der Waals surface area contributed by atoms with Crippen molar-refractivity contribution < 1.29 is 0 Å². The molecule has 0 saturated heterocycles. The van der Waals surface area contributed by atoms with E-state index in [1.165, 1.54) is 6.20 Å². The normalized spacial score (nSPS) is 10.5. The van der Waals surface area contributed by atoms with E-state index in [-0.39, 0.29) is 0 Å². The lowest BCUT2D eigenvalue weighted by molar-refractivity contribution is 0.982. The monoisotopic (exact) mass is 359 g/mol. The zero-order chi connectivity index (χ0) is 17.1. The number of nitrogens with zero attached hydrogens (tertiary/aromatic N) is 3. The van der Waals surface area contributed by atoms with Crippen LogP contribution in [0, 0.1) is 13.8 Å². The van der Waals surface area contributed by atoms with Gasteiger partial charge in [0, 0.05) is 11.4 Å². The fourth-order valence-corrected chi connectivity index (χ4v) is 2.61. The minimum absolute atomic E-state index is 0.407. The Kier molecular flexibility index (Phi) is 4.83. The van der Waals surface area contributed by atoms with Gasteiger partial charge in [0.15, 0.2) is 5.82 Å². The van der Waals surface area contributed by atoms with Gasteiger partial charge in [-0.15, -0.1) is 5.10 Å². The van der Waals surface area contributed by atoms with E-state index in [1.54, 1.807) is 12.1 Å². The highest BCUT2D eigenvalue weighted by atomic mass is 35.5. The topological polar surface area (TPSA) is 62.7 Å². The Labute approximate surface area is 150 Å². The highest BCUT2D eigenvalue weighted by Crippen LogP contribution is 2.26. The molecule has 1 aromatic heterocycles. The predicted octanol–water partition coefficient (Wildman–Crippen LogP) is 5.28. The number of nitrogens with one attached hydrogen (secondary N) is 2. The van der Waals surface area contributed by atoms with Crippen LogP contribution in [-0.4, -0.2) is 15.2 Å². The van der Waals surface area contributed by atoms with E-state index in [0.29, 0.717) is 21.8 Å². The highest BCUT2D eigenvalue weighted by Gasteiger charge is 2.05. The first-order chi connectivity index (χ1) is 11.5. The standard InChI is InChI=1S/C17H15Cl2N5/c1-10-5-11(2)7-13(6-10)22-17-23-16(9-20-24-17)21-12-3-4-14(18)15(19)8-12/h3-9H,1-2H3,(H2,21,22,23,24). The molecule has 0 amide bonds. The van der Waals surface area contributed by atoms with Gasteiger partial charge < -0.3 is 10.6 Å². The molecule has 7 heteroatoms. The first-order valence-electron chi connectivity index (χ1n) is 7.27. The summed E-state index contributed by atoms with van der Waals surface area (Å²) >= 11 is 11.9. The number of aryl methyl sites for hydroxylation is 2. The van der Waals surface area contributed by atoms with Crippen molar-refractivity contribution in [3.8, 4) is 0 Å². The number of hydrogen-bond donors (Lipinski definition) is 2. The molecule has 0 aliphatic rings. The van der Waals surface area contributed by atoms with Crippen LogP contribution in [0.3, 0.4) is 0 Å². The third-order valence-electron chi connectivity index (χ3n) is 3.23. The second kappa shape index (κ2) is 7.03. The molecule has 122 valence electrons. The van der Waals surface area contributed by atoms with E-state index in [2.05, 4.69) is 31.9 Å². The molecule has 0 unspecified atom stereocenters. The number of halogens is 2. The number of rotatable bonds is 4. The molecule has 0 aliphatic carbocycles. The lowest BCUT2D eigenvalue weighted by atomic mass is 10.1. The highest BCUT2D eigenvalue weighted by molar-refractivity contribution is 6.42. The SMILES string of the molecule is Cc1cc(C)cc(Nc2nncc(Nc3ccc(Cl)c(Cl)c3)n2)c1. The van der Waals surface area contributed by atoms with Crippen molar-refractivity contribution in [1.82, 2.24) is 15.2 Å². The molecule has 0 fully saturated rings. The predicted molar refractivity (Wildman–Crippen MR) is 98.8 cm³/mol. The molecule has 3 rings (SSSR count). The van der Waals surface area contributed by atoms with Crippen LogP contribution in [0.2, 0.25) is 10.0 Å². The van der Waals surface area contributed by atoms with E-state index in [1.807, 2.05) is 32.0 Å². The molecular weight excluding hydrogens is 345 g/mol. The van der Waals surface area contributed by atoms with Crippen molar-refractivity contribution in [2.75, 3.05) is 10.6 Å². The van der Waals surface area contributed by atoms with Crippen LogP contribution in [0.25, 0.3) is 0 Å². The third kappa shape index (κ3) is 4.13. The summed E-state index contributed by atoms with van der Waals surface area (Å²) in [7, 11) is 0. The fraction of sp³-hybridized carbons (Fsp3) is 0.118. The molecule has 0 bridgehead atoms. The summed E-state index contributed by atoms with van der Waals surface area (Å²) in [5, 5.41) is 15.2. The smallest absolute Gasteiger partial charge is 0.249 e. The van der Waals surface area contributed by atoms with Crippen molar-refractivity contribution in [2.24, 2.45) is 0 Å². The van der Waals surface area contributed by atoms with Crippen molar-refractivity contribution in [1.29, 1.82) is 0 Å². The average Bonchev–Trinajstić information content (AvgIpc) is 2.50. The maximum absolute atomic E-state index is 6.02. The molecule has 2 aromatic carbocycles. The number of benzene rings is 2. The second-order valence-corrected chi connectivity index (χ2v) is 6.23. The van der Waals surface area contributed by atoms with Gasteiger partial charge in [-0.3, -0.25) is 0 Å². The Morgan fingerprint density at radius 3 is 2.29 bits per heavy atom. The summed E-state index contributed by atoms with van der Waals surface area (Å²) in [6.07, 6.45) is 1.54. The van der Waals surface area contributed by atoms with Crippen molar-refractivity contribution in [3.63, 3.8) is 0 Å². The largest absolute Gasteiger partial charge is 0.339 e. The van der Waals surface area contributed by atoms with Crippen molar-refractivity contribution in [2.45, 2.75) is 13.8 Å². The summed E-state index contributed by atoms with van der Waals surface area (Å²) in [6.45, 7) is 4.08. The molecular formula is C17H15Cl2N5. The van der Waals surface area contributed by atoms with E-state index in [9.17, 15) is 0 Å². The quantitative estimate of drug-likeness (QED) is 0.663. The summed E-state index contributed by atoms with van der Waals surface area (Å²) in [4.78, 5) is 4.40. The minimum Gasteiger partial charge on any atom is -0.339 e. The molecule has 24 heavy (non-hydrogen) atoms. The average molecular weight is 360 g/mol. The molecule has 2 N–H and O–H groups in total. The summed E-state index contributed by atoms with van der Waals surface area (Å²) in [5.41, 5.74) is 4.01. The Hall–Kier alpha value is -2.37. The third-order valence-corrected chi connectivity index (χ3v) is 3.97. The molecule has 0 atom stereocenters. The van der Waals surface area contributed by atoms with Gasteiger partial charge in [0.25, 0.3) is 0 Å². The van der Waals surface area contributed by atoms with Crippen LogP contribution < -0.4 is 10.6 Å². The van der Waals surface area contributed by atoms with Crippen LogP contribution in [0.1, 0.15) is 11.1 Å². The van der Waals surface area contributed by atoms with Crippen molar-refractivity contribution >= 4 is 46.3 Å². The van der Waals surface area contributed by atoms with Gasteiger partial charge in [0.05, 0.1) is 16.2 Å².